The summed E-state index contributed by atoms with van der Waals surface area (Å²) in [4.78, 5) is 14.0. The molecular formula is C27H21N5OS. The Morgan fingerprint density at radius 1 is 1.12 bits per heavy atom. The molecule has 0 aliphatic heterocycles. The van der Waals surface area contributed by atoms with E-state index in [1.807, 2.05) is 80.6 Å². The van der Waals surface area contributed by atoms with Gasteiger partial charge in [0.05, 0.1) is 16.9 Å². The van der Waals surface area contributed by atoms with Gasteiger partial charge in [-0.15, -0.1) is 11.3 Å². The van der Waals surface area contributed by atoms with Gasteiger partial charge in [0.2, 0.25) is 0 Å². The zero-order valence-corrected chi connectivity index (χ0v) is 19.6. The van der Waals surface area contributed by atoms with Crippen LogP contribution in [0, 0.1) is 29.6 Å². The molecule has 0 atom stereocenters. The summed E-state index contributed by atoms with van der Waals surface area (Å²) in [5.41, 5.74) is 4.33. The molecule has 2 aromatic carbocycles. The molecule has 0 saturated carbocycles. The fourth-order valence-corrected chi connectivity index (χ4v) is 4.80. The standard InChI is InChI=1S/C27H21N5OS/c1-3-23-18(2)34-27(24(23)16-29)30-26(33)20(15-28)14-21-17-32(22-12-8-5-9-13-22)31-25(21)19-10-6-4-7-11-19/h4-14,17H,3H2,1-2H3,(H,30,33). The molecule has 4 rings (SSSR count). The number of carbonyl (C=O) groups excluding carboxylic acids is 1. The molecule has 0 unspecified atom stereocenters. The summed E-state index contributed by atoms with van der Waals surface area (Å²) in [7, 11) is 0. The van der Waals surface area contributed by atoms with Crippen LogP contribution < -0.4 is 5.32 Å². The molecule has 4 aromatic rings. The fourth-order valence-electron chi connectivity index (χ4n) is 3.71. The van der Waals surface area contributed by atoms with E-state index in [1.165, 1.54) is 17.4 Å². The van der Waals surface area contributed by atoms with Gasteiger partial charge in [-0.05, 0) is 37.1 Å². The van der Waals surface area contributed by atoms with Crippen molar-refractivity contribution in [1.82, 2.24) is 9.78 Å². The number of nitrogens with one attached hydrogen (secondary N) is 1. The highest BCUT2D eigenvalue weighted by atomic mass is 32.1. The Morgan fingerprint density at radius 3 is 2.41 bits per heavy atom. The van der Waals surface area contributed by atoms with Gasteiger partial charge in [0.15, 0.2) is 0 Å². The van der Waals surface area contributed by atoms with Crippen LogP contribution in [0.5, 0.6) is 0 Å². The molecule has 2 aromatic heterocycles. The average molecular weight is 464 g/mol. The summed E-state index contributed by atoms with van der Waals surface area (Å²) in [6.45, 7) is 3.89. The molecule has 6 nitrogen and oxygen atoms in total. The molecule has 1 amide bonds. The molecular weight excluding hydrogens is 442 g/mol. The number of nitriles is 2. The highest BCUT2D eigenvalue weighted by Crippen LogP contribution is 2.33. The van der Waals surface area contributed by atoms with Crippen LogP contribution in [0.25, 0.3) is 23.0 Å². The smallest absolute Gasteiger partial charge is 0.266 e. The Kier molecular flexibility index (Phi) is 6.68. The maximum Gasteiger partial charge on any atom is 0.266 e. The highest BCUT2D eigenvalue weighted by molar-refractivity contribution is 7.16. The monoisotopic (exact) mass is 463 g/mol. The van der Waals surface area contributed by atoms with Crippen molar-refractivity contribution in [2.75, 3.05) is 5.32 Å². The van der Waals surface area contributed by atoms with Crippen LogP contribution in [0.3, 0.4) is 0 Å². The van der Waals surface area contributed by atoms with Gasteiger partial charge < -0.3 is 5.32 Å². The van der Waals surface area contributed by atoms with E-state index < -0.39 is 5.91 Å². The first-order valence-corrected chi connectivity index (χ1v) is 11.5. The number of aromatic nitrogens is 2. The number of thiophene rings is 1. The summed E-state index contributed by atoms with van der Waals surface area (Å²) < 4.78 is 1.73. The van der Waals surface area contributed by atoms with Crippen LogP contribution in [0.1, 0.15) is 28.5 Å². The zero-order valence-electron chi connectivity index (χ0n) is 18.7. The van der Waals surface area contributed by atoms with E-state index in [9.17, 15) is 15.3 Å². The molecule has 7 heteroatoms. The van der Waals surface area contributed by atoms with Crippen molar-refractivity contribution in [2.45, 2.75) is 20.3 Å². The summed E-state index contributed by atoms with van der Waals surface area (Å²) in [6, 6.07) is 23.4. The summed E-state index contributed by atoms with van der Waals surface area (Å²) in [5, 5.41) is 27.3. The third-order valence-corrected chi connectivity index (χ3v) is 6.44. The summed E-state index contributed by atoms with van der Waals surface area (Å²) >= 11 is 1.35. The molecule has 0 saturated heterocycles. The van der Waals surface area contributed by atoms with Crippen LogP contribution in [-0.4, -0.2) is 15.7 Å². The molecule has 2 heterocycles. The Labute approximate surface area is 202 Å². The van der Waals surface area contributed by atoms with Crippen molar-refractivity contribution in [3.8, 4) is 29.1 Å². The maximum atomic E-state index is 13.0. The second kappa shape index (κ2) is 9.99. The Hall–Kier alpha value is -4.46. The van der Waals surface area contributed by atoms with Gasteiger partial charge in [-0.2, -0.15) is 15.6 Å². The lowest BCUT2D eigenvalue weighted by molar-refractivity contribution is -0.112. The van der Waals surface area contributed by atoms with Gasteiger partial charge >= 0.3 is 0 Å². The second-order valence-corrected chi connectivity index (χ2v) is 8.73. The van der Waals surface area contributed by atoms with Crippen molar-refractivity contribution >= 4 is 28.3 Å². The van der Waals surface area contributed by atoms with Gasteiger partial charge in [0.25, 0.3) is 5.91 Å². The summed E-state index contributed by atoms with van der Waals surface area (Å²) in [5.74, 6) is -0.561. The molecule has 1 N–H and O–H groups in total. The van der Waals surface area contributed by atoms with E-state index in [-0.39, 0.29) is 5.57 Å². The molecule has 166 valence electrons. The number of aryl methyl sites for hydroxylation is 1. The highest BCUT2D eigenvalue weighted by Gasteiger charge is 2.19. The minimum Gasteiger partial charge on any atom is -0.312 e. The predicted molar refractivity (Wildman–Crippen MR) is 134 cm³/mol. The van der Waals surface area contributed by atoms with Gasteiger partial charge in [0, 0.05) is 22.2 Å². The van der Waals surface area contributed by atoms with Crippen LogP contribution in [0.4, 0.5) is 5.00 Å². The topological polar surface area (TPSA) is 94.5 Å². The van der Waals surface area contributed by atoms with E-state index in [0.717, 1.165) is 21.7 Å². The minimum absolute atomic E-state index is 0.0715. The van der Waals surface area contributed by atoms with Crippen LogP contribution in [0.15, 0.2) is 72.4 Å². The Morgan fingerprint density at radius 2 is 1.79 bits per heavy atom. The number of amides is 1. The van der Waals surface area contributed by atoms with Gasteiger partial charge in [-0.3, -0.25) is 4.79 Å². The number of nitrogens with zero attached hydrogens (tertiary/aromatic N) is 4. The largest absolute Gasteiger partial charge is 0.312 e. The fraction of sp³-hybridized carbons (Fsp3) is 0.111. The maximum absolute atomic E-state index is 13.0. The normalized spacial score (nSPS) is 11.0. The number of rotatable bonds is 6. The summed E-state index contributed by atoms with van der Waals surface area (Å²) in [6.07, 6.45) is 4.03. The van der Waals surface area contributed by atoms with E-state index in [4.69, 9.17) is 5.10 Å². The van der Waals surface area contributed by atoms with Crippen LogP contribution in [-0.2, 0) is 11.2 Å². The lowest BCUT2D eigenvalue weighted by Crippen LogP contribution is -2.13. The third kappa shape index (κ3) is 4.52. The molecule has 34 heavy (non-hydrogen) atoms. The molecule has 0 bridgehead atoms. The number of benzene rings is 2. The van der Waals surface area contributed by atoms with E-state index in [2.05, 4.69) is 11.4 Å². The van der Waals surface area contributed by atoms with E-state index in [0.29, 0.717) is 28.2 Å². The Bertz CT molecular complexity index is 1450. The third-order valence-electron chi connectivity index (χ3n) is 5.38. The number of para-hydroxylation sites is 1. The minimum atomic E-state index is -0.561. The SMILES string of the molecule is CCc1c(C)sc(NC(=O)C(C#N)=Cc2cn(-c3ccccc3)nc2-c2ccccc2)c1C#N. The number of anilines is 1. The van der Waals surface area contributed by atoms with Crippen molar-refractivity contribution in [1.29, 1.82) is 10.5 Å². The van der Waals surface area contributed by atoms with E-state index in [1.54, 1.807) is 10.9 Å². The number of hydrogen-bond acceptors (Lipinski definition) is 5. The van der Waals surface area contributed by atoms with E-state index >= 15 is 0 Å². The van der Waals surface area contributed by atoms with Crippen molar-refractivity contribution < 1.29 is 4.79 Å². The molecule has 0 radical (unpaired) electrons. The van der Waals surface area contributed by atoms with Gasteiger partial charge in [-0.25, -0.2) is 4.68 Å². The lowest BCUT2D eigenvalue weighted by Gasteiger charge is -2.03. The lowest BCUT2D eigenvalue weighted by atomic mass is 10.1. The molecule has 0 spiro atoms. The van der Waals surface area contributed by atoms with Gasteiger partial charge in [-0.1, -0.05) is 55.5 Å². The first-order valence-electron chi connectivity index (χ1n) is 10.7. The molecule has 0 aliphatic carbocycles. The average Bonchev–Trinajstić information content (AvgIpc) is 3.43. The second-order valence-electron chi connectivity index (χ2n) is 7.51. The van der Waals surface area contributed by atoms with Crippen LogP contribution >= 0.6 is 11.3 Å². The van der Waals surface area contributed by atoms with Crippen molar-refractivity contribution in [2.24, 2.45) is 0 Å². The Balaban J connectivity index is 1.75. The quantitative estimate of drug-likeness (QED) is 0.285. The molecule has 0 fully saturated rings. The van der Waals surface area contributed by atoms with Crippen molar-refractivity contribution in [3.63, 3.8) is 0 Å². The first kappa shape index (κ1) is 22.7. The zero-order chi connectivity index (χ0) is 24.1. The molecule has 0 aliphatic rings. The number of hydrogen-bond donors (Lipinski definition) is 1. The van der Waals surface area contributed by atoms with Gasteiger partial charge in [0.1, 0.15) is 22.7 Å². The number of carbonyl (C=O) groups is 1. The first-order chi connectivity index (χ1) is 16.5. The van der Waals surface area contributed by atoms with Crippen LogP contribution in [0.2, 0.25) is 0 Å². The van der Waals surface area contributed by atoms with Crippen molar-refractivity contribution in [3.05, 3.63) is 94.0 Å². The predicted octanol–water partition coefficient (Wildman–Crippen LogP) is 5.89.